The van der Waals surface area contributed by atoms with Gasteiger partial charge in [-0.3, -0.25) is 9.78 Å². The molecule has 7 nitrogen and oxygen atoms in total. The number of amides is 1. The normalized spacial score (nSPS) is 10.5. The van der Waals surface area contributed by atoms with Crippen LogP contribution in [-0.4, -0.2) is 20.9 Å². The van der Waals surface area contributed by atoms with Gasteiger partial charge in [-0.2, -0.15) is 0 Å². The van der Waals surface area contributed by atoms with Gasteiger partial charge >= 0.3 is 0 Å². The topological polar surface area (TPSA) is 91.8 Å². The third kappa shape index (κ3) is 4.04. The Hall–Kier alpha value is -4.00. The first-order valence-electron chi connectivity index (χ1n) is 8.75. The smallest absolute Gasteiger partial charge is 0.221 e. The van der Waals surface area contributed by atoms with Crippen molar-refractivity contribution < 1.29 is 4.79 Å². The van der Waals surface area contributed by atoms with Crippen LogP contribution in [0.25, 0.3) is 10.9 Å². The lowest BCUT2D eigenvalue weighted by Crippen LogP contribution is -2.06. The number of anilines is 5. The summed E-state index contributed by atoms with van der Waals surface area (Å²) >= 11 is 0. The van der Waals surface area contributed by atoms with Gasteiger partial charge in [0, 0.05) is 35.9 Å². The van der Waals surface area contributed by atoms with Crippen molar-refractivity contribution in [2.45, 2.75) is 6.92 Å². The Kier molecular flexibility index (Phi) is 4.79. The summed E-state index contributed by atoms with van der Waals surface area (Å²) in [5.74, 6) is 1.16. The number of carbonyl (C=O) groups excluding carboxylic acids is 1. The van der Waals surface area contributed by atoms with E-state index in [1.807, 2.05) is 60.7 Å². The summed E-state index contributed by atoms with van der Waals surface area (Å²) in [5.41, 5.74) is 3.27. The van der Waals surface area contributed by atoms with Gasteiger partial charge in [-0.1, -0.05) is 24.3 Å². The molecule has 1 amide bonds. The average Bonchev–Trinajstić information content (AvgIpc) is 2.68. The summed E-state index contributed by atoms with van der Waals surface area (Å²) in [4.78, 5) is 24.2. The van der Waals surface area contributed by atoms with Crippen LogP contribution < -0.4 is 16.0 Å². The number of para-hydroxylation sites is 1. The Morgan fingerprint density at radius 2 is 1.57 bits per heavy atom. The maximum atomic E-state index is 11.2. The lowest BCUT2D eigenvalue weighted by molar-refractivity contribution is -0.114. The molecule has 0 atom stereocenters. The predicted octanol–water partition coefficient (Wildman–Crippen LogP) is 4.47. The van der Waals surface area contributed by atoms with Crippen LogP contribution in [0.5, 0.6) is 0 Å². The highest BCUT2D eigenvalue weighted by atomic mass is 16.1. The number of nitrogens with zero attached hydrogens (tertiary/aromatic N) is 3. The summed E-state index contributed by atoms with van der Waals surface area (Å²) in [5, 5.41) is 10.3. The van der Waals surface area contributed by atoms with Crippen LogP contribution in [0, 0.1) is 0 Å². The molecule has 0 bridgehead atoms. The van der Waals surface area contributed by atoms with Crippen molar-refractivity contribution in [2.24, 2.45) is 0 Å². The standard InChI is InChI=1S/C21H18N6O/c1-14(28)25-16-7-3-8-17(11-16)26-19-12-20(24-13-23-19)27-18-9-2-5-15-6-4-10-22-21(15)18/h2-13H,1H3,(H,25,28)(H2,23,24,26,27). The molecule has 0 fully saturated rings. The van der Waals surface area contributed by atoms with Crippen molar-refractivity contribution in [3.8, 4) is 0 Å². The molecule has 0 aliphatic heterocycles. The average molecular weight is 370 g/mol. The minimum absolute atomic E-state index is 0.116. The zero-order valence-electron chi connectivity index (χ0n) is 15.2. The van der Waals surface area contributed by atoms with E-state index in [-0.39, 0.29) is 5.91 Å². The van der Waals surface area contributed by atoms with Gasteiger partial charge in [-0.25, -0.2) is 9.97 Å². The molecule has 7 heteroatoms. The minimum atomic E-state index is -0.116. The number of hydrogen-bond acceptors (Lipinski definition) is 6. The molecule has 0 unspecified atom stereocenters. The third-order valence-corrected chi connectivity index (χ3v) is 4.02. The second-order valence-corrected chi connectivity index (χ2v) is 6.18. The van der Waals surface area contributed by atoms with E-state index in [0.717, 1.165) is 22.3 Å². The highest BCUT2D eigenvalue weighted by Crippen LogP contribution is 2.25. The fourth-order valence-electron chi connectivity index (χ4n) is 2.86. The van der Waals surface area contributed by atoms with Crippen LogP contribution >= 0.6 is 0 Å². The number of hydrogen-bond donors (Lipinski definition) is 3. The quantitative estimate of drug-likeness (QED) is 0.480. The number of aromatic nitrogens is 3. The molecule has 0 radical (unpaired) electrons. The van der Waals surface area contributed by atoms with E-state index in [4.69, 9.17) is 0 Å². The first kappa shape index (κ1) is 17.4. The highest BCUT2D eigenvalue weighted by molar-refractivity contribution is 5.92. The maximum absolute atomic E-state index is 11.2. The van der Waals surface area contributed by atoms with E-state index in [9.17, 15) is 4.79 Å². The molecule has 28 heavy (non-hydrogen) atoms. The van der Waals surface area contributed by atoms with E-state index >= 15 is 0 Å². The zero-order valence-corrected chi connectivity index (χ0v) is 15.2. The Labute approximate surface area is 161 Å². The summed E-state index contributed by atoms with van der Waals surface area (Å²) < 4.78 is 0. The molecule has 0 spiro atoms. The van der Waals surface area contributed by atoms with Gasteiger partial charge in [0.15, 0.2) is 0 Å². The zero-order chi connectivity index (χ0) is 19.3. The van der Waals surface area contributed by atoms with Crippen LogP contribution in [0.4, 0.5) is 28.7 Å². The molecular formula is C21H18N6O. The van der Waals surface area contributed by atoms with Crippen molar-refractivity contribution in [2.75, 3.05) is 16.0 Å². The lowest BCUT2D eigenvalue weighted by atomic mass is 10.2. The number of rotatable bonds is 5. The molecule has 2 aromatic carbocycles. The Bertz CT molecular complexity index is 1140. The van der Waals surface area contributed by atoms with Crippen molar-refractivity contribution >= 4 is 45.5 Å². The molecule has 0 saturated heterocycles. The number of pyridine rings is 1. The van der Waals surface area contributed by atoms with Crippen LogP contribution in [0.2, 0.25) is 0 Å². The second-order valence-electron chi connectivity index (χ2n) is 6.18. The molecule has 3 N–H and O–H groups in total. The van der Waals surface area contributed by atoms with Gasteiger partial charge in [0.05, 0.1) is 11.2 Å². The van der Waals surface area contributed by atoms with Gasteiger partial charge in [0.2, 0.25) is 5.91 Å². The third-order valence-electron chi connectivity index (χ3n) is 4.02. The number of fused-ring (bicyclic) bond motifs is 1. The second kappa shape index (κ2) is 7.71. The van der Waals surface area contributed by atoms with Crippen molar-refractivity contribution in [3.63, 3.8) is 0 Å². The molecule has 0 aliphatic carbocycles. The predicted molar refractivity (Wildman–Crippen MR) is 111 cm³/mol. The number of benzene rings is 2. The molecule has 138 valence electrons. The van der Waals surface area contributed by atoms with Crippen LogP contribution in [0.1, 0.15) is 6.92 Å². The van der Waals surface area contributed by atoms with Crippen LogP contribution in [0.3, 0.4) is 0 Å². The monoisotopic (exact) mass is 370 g/mol. The minimum Gasteiger partial charge on any atom is -0.340 e. The van der Waals surface area contributed by atoms with Gasteiger partial charge in [0.1, 0.15) is 18.0 Å². The maximum Gasteiger partial charge on any atom is 0.221 e. The molecule has 0 aliphatic rings. The Morgan fingerprint density at radius 1 is 0.821 bits per heavy atom. The SMILES string of the molecule is CC(=O)Nc1cccc(Nc2cc(Nc3cccc4cccnc34)ncn2)c1. The van der Waals surface area contributed by atoms with E-state index in [0.29, 0.717) is 17.3 Å². The fourth-order valence-corrected chi connectivity index (χ4v) is 2.86. The lowest BCUT2D eigenvalue weighted by Gasteiger charge is -2.11. The van der Waals surface area contributed by atoms with E-state index < -0.39 is 0 Å². The molecule has 2 aromatic heterocycles. The van der Waals surface area contributed by atoms with Gasteiger partial charge < -0.3 is 16.0 Å². The van der Waals surface area contributed by atoms with Crippen molar-refractivity contribution in [3.05, 3.63) is 73.2 Å². The fraction of sp³-hybridized carbons (Fsp3) is 0.0476. The highest BCUT2D eigenvalue weighted by Gasteiger charge is 2.05. The van der Waals surface area contributed by atoms with Crippen molar-refractivity contribution in [1.82, 2.24) is 15.0 Å². The van der Waals surface area contributed by atoms with Crippen LogP contribution in [-0.2, 0) is 4.79 Å². The molecular weight excluding hydrogens is 352 g/mol. The summed E-state index contributed by atoms with van der Waals surface area (Å²) in [6.45, 7) is 1.48. The molecule has 4 aromatic rings. The van der Waals surface area contributed by atoms with Gasteiger partial charge in [-0.15, -0.1) is 0 Å². The molecule has 4 rings (SSSR count). The summed E-state index contributed by atoms with van der Waals surface area (Å²) in [7, 11) is 0. The first-order chi connectivity index (χ1) is 13.7. The summed E-state index contributed by atoms with van der Waals surface area (Å²) in [6.07, 6.45) is 3.25. The Morgan fingerprint density at radius 3 is 2.43 bits per heavy atom. The van der Waals surface area contributed by atoms with E-state index in [1.54, 1.807) is 6.20 Å². The largest absolute Gasteiger partial charge is 0.340 e. The first-order valence-corrected chi connectivity index (χ1v) is 8.75. The Balaban J connectivity index is 1.56. The summed E-state index contributed by atoms with van der Waals surface area (Å²) in [6, 6.07) is 19.1. The van der Waals surface area contributed by atoms with Gasteiger partial charge in [0.25, 0.3) is 0 Å². The molecule has 2 heterocycles. The molecule has 0 saturated carbocycles. The number of carbonyl (C=O) groups is 1. The van der Waals surface area contributed by atoms with E-state index in [1.165, 1.54) is 13.3 Å². The van der Waals surface area contributed by atoms with Gasteiger partial charge in [-0.05, 0) is 30.3 Å². The number of nitrogens with one attached hydrogen (secondary N) is 3. The van der Waals surface area contributed by atoms with Crippen molar-refractivity contribution in [1.29, 1.82) is 0 Å². The van der Waals surface area contributed by atoms with E-state index in [2.05, 4.69) is 30.9 Å². The van der Waals surface area contributed by atoms with Crippen LogP contribution in [0.15, 0.2) is 73.2 Å².